The van der Waals surface area contributed by atoms with Gasteiger partial charge in [0.2, 0.25) is 5.91 Å². The highest BCUT2D eigenvalue weighted by Gasteiger charge is 2.36. The number of benzene rings is 1. The van der Waals surface area contributed by atoms with Crippen LogP contribution in [0.25, 0.3) is 6.08 Å². The molecule has 7 nitrogen and oxygen atoms in total. The number of nitrogens with zero attached hydrogens (tertiary/aromatic N) is 1. The largest absolute Gasteiger partial charge is 0.480 e. The predicted molar refractivity (Wildman–Crippen MR) is 108 cm³/mol. The number of thioether (sulfide) groups is 1. The Morgan fingerprint density at radius 1 is 1.43 bits per heavy atom. The maximum Gasteiger partial charge on any atom is 0.294 e. The van der Waals surface area contributed by atoms with Crippen molar-refractivity contribution in [2.75, 3.05) is 33.4 Å². The van der Waals surface area contributed by atoms with Crippen LogP contribution >= 0.6 is 23.4 Å². The van der Waals surface area contributed by atoms with E-state index in [-0.39, 0.29) is 18.1 Å². The van der Waals surface area contributed by atoms with E-state index in [1.807, 2.05) is 0 Å². The zero-order valence-corrected chi connectivity index (χ0v) is 16.8. The maximum atomic E-state index is 12.6. The smallest absolute Gasteiger partial charge is 0.294 e. The third kappa shape index (κ3) is 6.02. The molecular formula is C19H19ClN2O5S. The third-order valence-corrected chi connectivity index (χ3v) is 4.73. The molecule has 0 radical (unpaired) electrons. The number of halogens is 1. The molecule has 1 N–H and O–H groups in total. The number of ether oxygens (including phenoxy) is 2. The van der Waals surface area contributed by atoms with Crippen molar-refractivity contribution in [1.82, 2.24) is 10.2 Å². The van der Waals surface area contributed by atoms with E-state index < -0.39 is 17.1 Å². The second kappa shape index (κ2) is 10.8. The van der Waals surface area contributed by atoms with Gasteiger partial charge >= 0.3 is 0 Å². The molecule has 1 aromatic carbocycles. The molecule has 1 aromatic rings. The van der Waals surface area contributed by atoms with E-state index in [4.69, 9.17) is 27.5 Å². The van der Waals surface area contributed by atoms with Crippen LogP contribution in [-0.2, 0) is 14.3 Å². The maximum absolute atomic E-state index is 12.6. The SMILES string of the molecule is C#CCOc1ccc(Cl)cc1/C=C1\SC(=O)N(CC(=O)NCCCOC)C1=O. The highest BCUT2D eigenvalue weighted by molar-refractivity contribution is 8.18. The Labute approximate surface area is 172 Å². The Balaban J connectivity index is 2.09. The molecule has 1 saturated heterocycles. The summed E-state index contributed by atoms with van der Waals surface area (Å²) in [5, 5.41) is 2.56. The molecule has 28 heavy (non-hydrogen) atoms. The molecule has 1 aliphatic rings. The lowest BCUT2D eigenvalue weighted by molar-refractivity contribution is -0.129. The molecule has 9 heteroatoms. The van der Waals surface area contributed by atoms with Crippen molar-refractivity contribution in [3.05, 3.63) is 33.7 Å². The van der Waals surface area contributed by atoms with Gasteiger partial charge in [0.25, 0.3) is 11.1 Å². The van der Waals surface area contributed by atoms with Gasteiger partial charge in [-0.15, -0.1) is 6.42 Å². The van der Waals surface area contributed by atoms with Crippen LogP contribution in [0.1, 0.15) is 12.0 Å². The first-order valence-corrected chi connectivity index (χ1v) is 9.52. The summed E-state index contributed by atoms with van der Waals surface area (Å²) >= 11 is 6.76. The predicted octanol–water partition coefficient (Wildman–Crippen LogP) is 2.54. The lowest BCUT2D eigenvalue weighted by Gasteiger charge is -2.12. The van der Waals surface area contributed by atoms with Crippen molar-refractivity contribution in [2.45, 2.75) is 6.42 Å². The molecule has 0 unspecified atom stereocenters. The van der Waals surface area contributed by atoms with Crippen molar-refractivity contribution in [3.63, 3.8) is 0 Å². The number of nitrogens with one attached hydrogen (secondary N) is 1. The van der Waals surface area contributed by atoms with E-state index in [0.29, 0.717) is 35.9 Å². The summed E-state index contributed by atoms with van der Waals surface area (Å²) in [6.45, 7) is 0.615. The van der Waals surface area contributed by atoms with Gasteiger partial charge < -0.3 is 14.8 Å². The lowest BCUT2D eigenvalue weighted by Crippen LogP contribution is -2.39. The van der Waals surface area contributed by atoms with E-state index in [9.17, 15) is 14.4 Å². The molecule has 1 fully saturated rings. The minimum atomic E-state index is -0.551. The summed E-state index contributed by atoms with van der Waals surface area (Å²) in [4.78, 5) is 37.7. The Kier molecular flexibility index (Phi) is 8.39. The van der Waals surface area contributed by atoms with Gasteiger partial charge in [-0.3, -0.25) is 19.3 Å². The molecule has 1 aliphatic heterocycles. The van der Waals surface area contributed by atoms with Gasteiger partial charge in [0.1, 0.15) is 18.9 Å². The quantitative estimate of drug-likeness (QED) is 0.374. The number of terminal acetylenes is 1. The summed E-state index contributed by atoms with van der Waals surface area (Å²) in [5.41, 5.74) is 0.511. The number of amides is 3. The number of carbonyl (C=O) groups is 3. The topological polar surface area (TPSA) is 84.9 Å². The number of carbonyl (C=O) groups excluding carboxylic acids is 3. The molecule has 1 heterocycles. The molecule has 0 spiro atoms. The highest BCUT2D eigenvalue weighted by Crippen LogP contribution is 2.34. The van der Waals surface area contributed by atoms with Crippen LogP contribution in [-0.4, -0.2) is 55.4 Å². The second-order valence-corrected chi connectivity index (χ2v) is 7.07. The van der Waals surface area contributed by atoms with Gasteiger partial charge in [-0.1, -0.05) is 17.5 Å². The Morgan fingerprint density at radius 3 is 2.93 bits per heavy atom. The Morgan fingerprint density at radius 2 is 2.21 bits per heavy atom. The molecule has 0 saturated carbocycles. The minimum Gasteiger partial charge on any atom is -0.480 e. The molecular weight excluding hydrogens is 404 g/mol. The Hall–Kier alpha value is -2.47. The molecule has 2 rings (SSSR count). The van der Waals surface area contributed by atoms with Crippen LogP contribution in [0.3, 0.4) is 0 Å². The first-order chi connectivity index (χ1) is 13.5. The summed E-state index contributed by atoms with van der Waals surface area (Å²) < 4.78 is 10.3. The van der Waals surface area contributed by atoms with Gasteiger partial charge in [0, 0.05) is 30.8 Å². The summed E-state index contributed by atoms with van der Waals surface area (Å²) in [6, 6.07) is 4.86. The minimum absolute atomic E-state index is 0.0488. The highest BCUT2D eigenvalue weighted by atomic mass is 35.5. The molecule has 0 bridgehead atoms. The zero-order chi connectivity index (χ0) is 20.5. The van der Waals surface area contributed by atoms with Crippen molar-refractivity contribution >= 4 is 46.5 Å². The zero-order valence-electron chi connectivity index (χ0n) is 15.2. The van der Waals surface area contributed by atoms with Crippen LogP contribution < -0.4 is 10.1 Å². The number of hydrogen-bond donors (Lipinski definition) is 1. The van der Waals surface area contributed by atoms with Gasteiger partial charge in [-0.05, 0) is 42.5 Å². The first-order valence-electron chi connectivity index (χ1n) is 8.33. The van der Waals surface area contributed by atoms with E-state index in [0.717, 1.165) is 16.7 Å². The van der Waals surface area contributed by atoms with Gasteiger partial charge in [-0.2, -0.15) is 0 Å². The average Bonchev–Trinajstić information content (AvgIpc) is 2.92. The number of methoxy groups -OCH3 is 1. The van der Waals surface area contributed by atoms with Crippen molar-refractivity contribution in [1.29, 1.82) is 0 Å². The van der Waals surface area contributed by atoms with Crippen LogP contribution in [0.2, 0.25) is 5.02 Å². The monoisotopic (exact) mass is 422 g/mol. The second-order valence-electron chi connectivity index (χ2n) is 5.64. The van der Waals surface area contributed by atoms with E-state index in [2.05, 4.69) is 11.2 Å². The van der Waals surface area contributed by atoms with Crippen LogP contribution in [0, 0.1) is 12.3 Å². The van der Waals surface area contributed by atoms with Gasteiger partial charge in [-0.25, -0.2) is 0 Å². The third-order valence-electron chi connectivity index (χ3n) is 3.59. The standard InChI is InChI=1S/C19H19ClN2O5S/c1-3-8-27-15-6-5-14(20)10-13(15)11-16-18(24)22(19(25)28-16)12-17(23)21-7-4-9-26-2/h1,5-6,10-11H,4,7-9,12H2,2H3,(H,21,23)/b16-11-. The molecule has 3 amide bonds. The van der Waals surface area contributed by atoms with Gasteiger partial charge in [0.15, 0.2) is 0 Å². The number of imide groups is 1. The van der Waals surface area contributed by atoms with Crippen molar-refractivity contribution in [3.8, 4) is 18.1 Å². The average molecular weight is 423 g/mol. The number of hydrogen-bond acceptors (Lipinski definition) is 6. The van der Waals surface area contributed by atoms with Crippen molar-refractivity contribution in [2.24, 2.45) is 0 Å². The lowest BCUT2D eigenvalue weighted by atomic mass is 10.2. The van der Waals surface area contributed by atoms with Crippen LogP contribution in [0.15, 0.2) is 23.1 Å². The van der Waals surface area contributed by atoms with Crippen molar-refractivity contribution < 1.29 is 23.9 Å². The van der Waals surface area contributed by atoms with E-state index in [1.165, 1.54) is 6.08 Å². The molecule has 0 aromatic heterocycles. The van der Waals surface area contributed by atoms with Gasteiger partial charge in [0.05, 0.1) is 4.91 Å². The summed E-state index contributed by atoms with van der Waals surface area (Å²) in [6.07, 6.45) is 7.34. The first kappa shape index (κ1) is 21.8. The molecule has 148 valence electrons. The summed E-state index contributed by atoms with van der Waals surface area (Å²) in [7, 11) is 1.57. The fourth-order valence-corrected chi connectivity index (χ4v) is 3.31. The van der Waals surface area contributed by atoms with E-state index >= 15 is 0 Å². The molecule has 0 aliphatic carbocycles. The van der Waals surface area contributed by atoms with E-state index in [1.54, 1.807) is 25.3 Å². The van der Waals surface area contributed by atoms with Crippen LogP contribution in [0.4, 0.5) is 4.79 Å². The van der Waals surface area contributed by atoms with Crippen LogP contribution in [0.5, 0.6) is 5.75 Å². The fourth-order valence-electron chi connectivity index (χ4n) is 2.30. The Bertz CT molecular complexity index is 834. The fraction of sp³-hybridized carbons (Fsp3) is 0.316. The normalized spacial score (nSPS) is 15.0. The molecule has 0 atom stereocenters. The number of rotatable bonds is 9. The summed E-state index contributed by atoms with van der Waals surface area (Å²) in [5.74, 6) is 1.83.